The quantitative estimate of drug-likeness (QED) is 0.594. The molecule has 0 N–H and O–H groups in total. The van der Waals surface area contributed by atoms with Crippen molar-refractivity contribution in [1.82, 2.24) is 0 Å². The monoisotopic (exact) mass is 290 g/mol. The maximum atomic E-state index is 11.2. The first-order valence-corrected chi connectivity index (χ1v) is 7.10. The zero-order chi connectivity index (χ0) is 15.8. The van der Waals surface area contributed by atoms with Crippen LogP contribution in [-0.4, -0.2) is 18.2 Å². The van der Waals surface area contributed by atoms with Gasteiger partial charge in [-0.3, -0.25) is 9.59 Å². The van der Waals surface area contributed by atoms with Crippen LogP contribution in [0.4, 0.5) is 0 Å². The standard InChI is InChI=1S/C17H22O4/c1-5-14-8-7-9-15(10-14)11-16(6-2)17(20-12(3)18)21-13(4)19/h7-11,17H,5-6H2,1-4H3/b16-11+. The molecule has 0 atom stereocenters. The van der Waals surface area contributed by atoms with Crippen molar-refractivity contribution in [3.05, 3.63) is 41.0 Å². The molecule has 0 aliphatic heterocycles. The van der Waals surface area contributed by atoms with Crippen LogP contribution in [0, 0.1) is 0 Å². The maximum absolute atomic E-state index is 11.2. The third-order valence-electron chi connectivity index (χ3n) is 2.97. The molecule has 0 radical (unpaired) electrons. The number of ether oxygens (including phenoxy) is 2. The lowest BCUT2D eigenvalue weighted by Gasteiger charge is -2.19. The van der Waals surface area contributed by atoms with Gasteiger partial charge in [-0.05, 0) is 30.0 Å². The average molecular weight is 290 g/mol. The summed E-state index contributed by atoms with van der Waals surface area (Å²) in [5.74, 6) is -0.967. The van der Waals surface area contributed by atoms with Crippen LogP contribution in [0.1, 0.15) is 45.2 Å². The Morgan fingerprint density at radius 3 is 2.24 bits per heavy atom. The zero-order valence-electron chi connectivity index (χ0n) is 13.0. The van der Waals surface area contributed by atoms with E-state index in [0.717, 1.165) is 17.6 Å². The van der Waals surface area contributed by atoms with Crippen LogP contribution in [-0.2, 0) is 25.5 Å². The molecule has 0 spiro atoms. The minimum atomic E-state index is -0.963. The van der Waals surface area contributed by atoms with E-state index in [2.05, 4.69) is 19.1 Å². The van der Waals surface area contributed by atoms with Gasteiger partial charge in [0.15, 0.2) is 0 Å². The molecule has 0 fully saturated rings. The van der Waals surface area contributed by atoms with Gasteiger partial charge in [-0.2, -0.15) is 0 Å². The highest BCUT2D eigenvalue weighted by Gasteiger charge is 2.19. The summed E-state index contributed by atoms with van der Waals surface area (Å²) < 4.78 is 10.2. The van der Waals surface area contributed by atoms with E-state index in [4.69, 9.17) is 9.47 Å². The molecule has 4 heteroatoms. The molecule has 0 aliphatic carbocycles. The van der Waals surface area contributed by atoms with E-state index < -0.39 is 18.2 Å². The molecule has 0 unspecified atom stereocenters. The number of rotatable bonds is 6. The van der Waals surface area contributed by atoms with Gasteiger partial charge in [0.1, 0.15) is 0 Å². The average Bonchev–Trinajstić information content (AvgIpc) is 2.43. The summed E-state index contributed by atoms with van der Waals surface area (Å²) in [6.07, 6.45) is 2.49. The lowest BCUT2D eigenvalue weighted by Crippen LogP contribution is -2.24. The Bertz CT molecular complexity index is 515. The van der Waals surface area contributed by atoms with Crippen LogP contribution >= 0.6 is 0 Å². The Kier molecular flexibility index (Phi) is 6.66. The van der Waals surface area contributed by atoms with E-state index in [9.17, 15) is 9.59 Å². The van der Waals surface area contributed by atoms with Gasteiger partial charge in [-0.1, -0.05) is 38.1 Å². The SMILES string of the molecule is CC/C(=C\c1cccc(CC)c1)C(OC(C)=O)OC(C)=O. The molecule has 114 valence electrons. The summed E-state index contributed by atoms with van der Waals surface area (Å²) in [5.41, 5.74) is 2.96. The van der Waals surface area contributed by atoms with Crippen molar-refractivity contribution in [3.63, 3.8) is 0 Å². The number of esters is 2. The number of carbonyl (C=O) groups excluding carboxylic acids is 2. The van der Waals surface area contributed by atoms with E-state index in [1.807, 2.05) is 25.1 Å². The van der Waals surface area contributed by atoms with Gasteiger partial charge in [-0.25, -0.2) is 0 Å². The Morgan fingerprint density at radius 2 is 1.76 bits per heavy atom. The summed E-state index contributed by atoms with van der Waals surface area (Å²) in [7, 11) is 0. The lowest BCUT2D eigenvalue weighted by molar-refractivity contribution is -0.178. The van der Waals surface area contributed by atoms with E-state index >= 15 is 0 Å². The molecule has 1 aromatic carbocycles. The fourth-order valence-corrected chi connectivity index (χ4v) is 1.93. The van der Waals surface area contributed by atoms with Crippen LogP contribution in [0.15, 0.2) is 29.8 Å². The molecule has 1 rings (SSSR count). The van der Waals surface area contributed by atoms with Gasteiger partial charge in [0.05, 0.1) is 0 Å². The van der Waals surface area contributed by atoms with Gasteiger partial charge in [0, 0.05) is 19.4 Å². The van der Waals surface area contributed by atoms with Crippen molar-refractivity contribution >= 4 is 18.0 Å². The first-order chi connectivity index (χ1) is 9.96. The van der Waals surface area contributed by atoms with Crippen LogP contribution < -0.4 is 0 Å². The zero-order valence-corrected chi connectivity index (χ0v) is 13.0. The molecule has 0 bridgehead atoms. The Balaban J connectivity index is 3.07. The summed E-state index contributed by atoms with van der Waals surface area (Å²) in [6, 6.07) is 8.06. The molecule has 0 aromatic heterocycles. The van der Waals surface area contributed by atoms with E-state index in [-0.39, 0.29) is 0 Å². The number of benzene rings is 1. The largest absolute Gasteiger partial charge is 0.421 e. The number of aryl methyl sites for hydroxylation is 1. The normalized spacial score (nSPS) is 11.4. The molecule has 0 aliphatic rings. The highest BCUT2D eigenvalue weighted by molar-refractivity contribution is 5.69. The van der Waals surface area contributed by atoms with Crippen LogP contribution in [0.2, 0.25) is 0 Å². The van der Waals surface area contributed by atoms with Gasteiger partial charge in [0.2, 0.25) is 0 Å². The molecular formula is C17H22O4. The summed E-state index contributed by atoms with van der Waals surface area (Å²) in [5, 5.41) is 0. The van der Waals surface area contributed by atoms with E-state index in [1.165, 1.54) is 19.4 Å². The first-order valence-electron chi connectivity index (χ1n) is 7.10. The third kappa shape index (κ3) is 5.81. The fraction of sp³-hybridized carbons (Fsp3) is 0.412. The van der Waals surface area contributed by atoms with Crippen molar-refractivity contribution in [2.24, 2.45) is 0 Å². The van der Waals surface area contributed by atoms with Crippen molar-refractivity contribution in [3.8, 4) is 0 Å². The molecule has 0 heterocycles. The Labute approximate surface area is 125 Å². The third-order valence-corrected chi connectivity index (χ3v) is 2.97. The van der Waals surface area contributed by atoms with Crippen molar-refractivity contribution < 1.29 is 19.1 Å². The molecule has 0 saturated heterocycles. The second-order valence-electron chi connectivity index (χ2n) is 4.72. The van der Waals surface area contributed by atoms with E-state index in [0.29, 0.717) is 6.42 Å². The summed E-state index contributed by atoms with van der Waals surface area (Å²) in [4.78, 5) is 22.3. The number of carbonyl (C=O) groups is 2. The second kappa shape index (κ2) is 8.25. The van der Waals surface area contributed by atoms with Gasteiger partial charge in [0.25, 0.3) is 6.29 Å². The minimum absolute atomic E-state index is 0.483. The summed E-state index contributed by atoms with van der Waals surface area (Å²) >= 11 is 0. The van der Waals surface area contributed by atoms with Gasteiger partial charge < -0.3 is 9.47 Å². The minimum Gasteiger partial charge on any atom is -0.421 e. The molecule has 21 heavy (non-hydrogen) atoms. The molecule has 1 aromatic rings. The second-order valence-corrected chi connectivity index (χ2v) is 4.72. The fourth-order valence-electron chi connectivity index (χ4n) is 1.93. The number of hydrogen-bond donors (Lipinski definition) is 0. The van der Waals surface area contributed by atoms with Crippen molar-refractivity contribution in [2.75, 3.05) is 0 Å². The topological polar surface area (TPSA) is 52.6 Å². The predicted octanol–water partition coefficient (Wildman–Crippen LogP) is 3.49. The predicted molar refractivity (Wildman–Crippen MR) is 81.4 cm³/mol. The molecular weight excluding hydrogens is 268 g/mol. The van der Waals surface area contributed by atoms with Crippen LogP contribution in [0.3, 0.4) is 0 Å². The maximum Gasteiger partial charge on any atom is 0.305 e. The van der Waals surface area contributed by atoms with Gasteiger partial charge >= 0.3 is 11.9 Å². The smallest absolute Gasteiger partial charge is 0.305 e. The molecule has 0 amide bonds. The summed E-state index contributed by atoms with van der Waals surface area (Å²) in [6.45, 7) is 6.60. The van der Waals surface area contributed by atoms with Crippen molar-refractivity contribution in [1.29, 1.82) is 0 Å². The molecule has 4 nitrogen and oxygen atoms in total. The van der Waals surface area contributed by atoms with Crippen LogP contribution in [0.25, 0.3) is 6.08 Å². The molecule has 0 saturated carbocycles. The lowest BCUT2D eigenvalue weighted by atomic mass is 10.0. The number of hydrogen-bond acceptors (Lipinski definition) is 4. The highest BCUT2D eigenvalue weighted by Crippen LogP contribution is 2.18. The highest BCUT2D eigenvalue weighted by atomic mass is 16.7. The van der Waals surface area contributed by atoms with Crippen molar-refractivity contribution in [2.45, 2.75) is 46.8 Å². The van der Waals surface area contributed by atoms with Crippen LogP contribution in [0.5, 0.6) is 0 Å². The Morgan fingerprint density at radius 1 is 1.14 bits per heavy atom. The Hall–Kier alpha value is -2.10. The first kappa shape index (κ1) is 17.0. The van der Waals surface area contributed by atoms with E-state index in [1.54, 1.807) is 0 Å². The van der Waals surface area contributed by atoms with Gasteiger partial charge in [-0.15, -0.1) is 0 Å².